The quantitative estimate of drug-likeness (QED) is 0.876. The molecule has 0 atom stereocenters. The van der Waals surface area contributed by atoms with Crippen LogP contribution in [0, 0.1) is 0 Å². The highest BCUT2D eigenvalue weighted by Crippen LogP contribution is 2.23. The largest absolute Gasteiger partial charge is 0.437 e. The smallest absolute Gasteiger partial charge is 0.251 e. The predicted molar refractivity (Wildman–Crippen MR) is 66.5 cm³/mol. The zero-order valence-corrected chi connectivity index (χ0v) is 9.89. The first-order chi connectivity index (χ1) is 8.56. The minimum atomic E-state index is -0.649. The summed E-state index contributed by atoms with van der Waals surface area (Å²) in [5.41, 5.74) is 11.1. The lowest BCUT2D eigenvalue weighted by atomic mass is 10.2. The fourth-order valence-corrected chi connectivity index (χ4v) is 1.45. The van der Waals surface area contributed by atoms with Gasteiger partial charge in [0.05, 0.1) is 28.7 Å². The number of amides is 1. The van der Waals surface area contributed by atoms with Gasteiger partial charge in [-0.05, 0) is 0 Å². The summed E-state index contributed by atoms with van der Waals surface area (Å²) >= 11 is 5.76. The van der Waals surface area contributed by atoms with Gasteiger partial charge in [-0.1, -0.05) is 11.6 Å². The number of hydrogen-bond acceptors (Lipinski definition) is 5. The van der Waals surface area contributed by atoms with E-state index in [2.05, 4.69) is 9.97 Å². The molecule has 0 bridgehead atoms. The van der Waals surface area contributed by atoms with Crippen molar-refractivity contribution in [2.45, 2.75) is 0 Å². The number of pyridine rings is 2. The summed E-state index contributed by atoms with van der Waals surface area (Å²) in [5, 5.41) is 0.429. The Bertz CT molecular complexity index is 603. The number of aromatic nitrogens is 2. The third-order valence-electron chi connectivity index (χ3n) is 2.08. The Morgan fingerprint density at radius 3 is 2.72 bits per heavy atom. The molecule has 2 aromatic heterocycles. The molecule has 0 aliphatic carbocycles. The van der Waals surface area contributed by atoms with E-state index in [1.54, 1.807) is 6.07 Å². The molecule has 2 aromatic rings. The van der Waals surface area contributed by atoms with Crippen LogP contribution in [0.3, 0.4) is 0 Å². The standard InChI is InChI=1S/C11H9ClN4O2/c12-6-1-7(4-15-3-6)18-10-2-8(11(14)17)9(13)5-16-10/h1-5H,13H2,(H2,14,17). The van der Waals surface area contributed by atoms with E-state index in [9.17, 15) is 4.79 Å². The molecular formula is C11H9ClN4O2. The van der Waals surface area contributed by atoms with Gasteiger partial charge in [0.25, 0.3) is 5.91 Å². The first kappa shape index (κ1) is 12.1. The van der Waals surface area contributed by atoms with E-state index in [1.807, 2.05) is 0 Å². The highest BCUT2D eigenvalue weighted by Gasteiger charge is 2.09. The molecule has 0 fully saturated rings. The molecule has 2 heterocycles. The summed E-state index contributed by atoms with van der Waals surface area (Å²) in [6, 6.07) is 2.93. The molecule has 1 amide bonds. The molecule has 7 heteroatoms. The average Bonchev–Trinajstić information content (AvgIpc) is 2.31. The number of nitrogen functional groups attached to an aromatic ring is 1. The van der Waals surface area contributed by atoms with E-state index in [0.717, 1.165) is 0 Å². The van der Waals surface area contributed by atoms with Gasteiger partial charge in [0.15, 0.2) is 0 Å². The number of rotatable bonds is 3. The van der Waals surface area contributed by atoms with Gasteiger partial charge >= 0.3 is 0 Å². The van der Waals surface area contributed by atoms with Crippen molar-refractivity contribution in [3.63, 3.8) is 0 Å². The minimum absolute atomic E-state index is 0.148. The maximum atomic E-state index is 11.1. The van der Waals surface area contributed by atoms with E-state index in [0.29, 0.717) is 10.8 Å². The fraction of sp³-hybridized carbons (Fsp3) is 0. The van der Waals surface area contributed by atoms with Crippen LogP contribution in [0.4, 0.5) is 5.69 Å². The highest BCUT2D eigenvalue weighted by atomic mass is 35.5. The Morgan fingerprint density at radius 1 is 1.28 bits per heavy atom. The molecule has 0 unspecified atom stereocenters. The molecule has 18 heavy (non-hydrogen) atoms. The van der Waals surface area contributed by atoms with Crippen molar-refractivity contribution < 1.29 is 9.53 Å². The van der Waals surface area contributed by atoms with Crippen molar-refractivity contribution in [1.82, 2.24) is 9.97 Å². The number of hydrogen-bond donors (Lipinski definition) is 2. The van der Waals surface area contributed by atoms with Crippen molar-refractivity contribution >= 4 is 23.2 Å². The molecule has 0 aliphatic rings. The molecule has 0 aliphatic heterocycles. The number of carbonyl (C=O) groups is 1. The third kappa shape index (κ3) is 2.67. The van der Waals surface area contributed by atoms with Crippen LogP contribution in [0.1, 0.15) is 10.4 Å². The predicted octanol–water partition coefficient (Wildman–Crippen LogP) is 1.60. The van der Waals surface area contributed by atoms with Gasteiger partial charge in [0, 0.05) is 18.3 Å². The number of anilines is 1. The van der Waals surface area contributed by atoms with Gasteiger partial charge in [-0.25, -0.2) is 4.98 Å². The zero-order chi connectivity index (χ0) is 13.1. The number of halogens is 1. The van der Waals surface area contributed by atoms with Crippen LogP contribution < -0.4 is 16.2 Å². The van der Waals surface area contributed by atoms with Crippen LogP contribution in [0.25, 0.3) is 0 Å². The van der Waals surface area contributed by atoms with Gasteiger partial charge in [-0.15, -0.1) is 0 Å². The Morgan fingerprint density at radius 2 is 2.06 bits per heavy atom. The number of carbonyl (C=O) groups excluding carboxylic acids is 1. The topological polar surface area (TPSA) is 104 Å². The Balaban J connectivity index is 2.30. The maximum absolute atomic E-state index is 11.1. The highest BCUT2D eigenvalue weighted by molar-refractivity contribution is 6.30. The maximum Gasteiger partial charge on any atom is 0.251 e. The second kappa shape index (κ2) is 4.89. The van der Waals surface area contributed by atoms with Gasteiger partial charge in [0.2, 0.25) is 5.88 Å². The molecule has 0 radical (unpaired) electrons. The normalized spacial score (nSPS) is 10.1. The Labute approximate surface area is 108 Å². The minimum Gasteiger partial charge on any atom is -0.437 e. The molecule has 0 spiro atoms. The van der Waals surface area contributed by atoms with E-state index in [4.69, 9.17) is 27.8 Å². The molecule has 2 rings (SSSR count). The molecule has 6 nitrogen and oxygen atoms in total. The lowest BCUT2D eigenvalue weighted by Crippen LogP contribution is -2.13. The van der Waals surface area contributed by atoms with Crippen molar-refractivity contribution in [1.29, 1.82) is 0 Å². The van der Waals surface area contributed by atoms with Gasteiger partial charge in [0.1, 0.15) is 5.75 Å². The van der Waals surface area contributed by atoms with Gasteiger partial charge < -0.3 is 16.2 Å². The number of nitrogens with two attached hydrogens (primary N) is 2. The average molecular weight is 265 g/mol. The van der Waals surface area contributed by atoms with E-state index in [-0.39, 0.29) is 17.1 Å². The van der Waals surface area contributed by atoms with Crippen LogP contribution in [0.2, 0.25) is 5.02 Å². The van der Waals surface area contributed by atoms with Crippen molar-refractivity contribution in [2.24, 2.45) is 5.73 Å². The number of nitrogens with zero attached hydrogens (tertiary/aromatic N) is 2. The molecule has 0 saturated heterocycles. The molecule has 4 N–H and O–H groups in total. The van der Waals surface area contributed by atoms with E-state index >= 15 is 0 Å². The summed E-state index contributed by atoms with van der Waals surface area (Å²) in [6.45, 7) is 0. The second-order valence-electron chi connectivity index (χ2n) is 3.41. The third-order valence-corrected chi connectivity index (χ3v) is 2.28. The van der Waals surface area contributed by atoms with Gasteiger partial charge in [-0.3, -0.25) is 9.78 Å². The SMILES string of the molecule is NC(=O)c1cc(Oc2cncc(Cl)c2)ncc1N. The number of ether oxygens (including phenoxy) is 1. The van der Waals surface area contributed by atoms with Crippen molar-refractivity contribution in [3.05, 3.63) is 41.3 Å². The first-order valence-electron chi connectivity index (χ1n) is 4.90. The lowest BCUT2D eigenvalue weighted by Gasteiger charge is -2.06. The summed E-state index contributed by atoms with van der Waals surface area (Å²) in [5.74, 6) is -0.0683. The first-order valence-corrected chi connectivity index (χ1v) is 5.28. The Hall–Kier alpha value is -2.34. The second-order valence-corrected chi connectivity index (χ2v) is 3.85. The molecule has 92 valence electrons. The lowest BCUT2D eigenvalue weighted by molar-refractivity contribution is 0.100. The van der Waals surface area contributed by atoms with E-state index < -0.39 is 5.91 Å². The van der Waals surface area contributed by atoms with Gasteiger partial charge in [-0.2, -0.15) is 0 Å². The summed E-state index contributed by atoms with van der Waals surface area (Å²) in [7, 11) is 0. The van der Waals surface area contributed by atoms with E-state index in [1.165, 1.54) is 24.7 Å². The fourth-order valence-electron chi connectivity index (χ4n) is 1.28. The summed E-state index contributed by atoms with van der Waals surface area (Å²) in [4.78, 5) is 18.9. The monoisotopic (exact) mass is 264 g/mol. The van der Waals surface area contributed by atoms with Crippen LogP contribution in [-0.4, -0.2) is 15.9 Å². The van der Waals surface area contributed by atoms with Crippen molar-refractivity contribution in [2.75, 3.05) is 5.73 Å². The van der Waals surface area contributed by atoms with Crippen LogP contribution >= 0.6 is 11.6 Å². The van der Waals surface area contributed by atoms with Crippen LogP contribution in [-0.2, 0) is 0 Å². The molecular weight excluding hydrogens is 256 g/mol. The Kier molecular flexibility index (Phi) is 3.29. The number of primary amides is 1. The summed E-state index contributed by atoms with van der Waals surface area (Å²) < 4.78 is 5.38. The molecule has 0 saturated carbocycles. The van der Waals surface area contributed by atoms with Crippen LogP contribution in [0.5, 0.6) is 11.6 Å². The molecule has 0 aromatic carbocycles. The summed E-state index contributed by atoms with van der Waals surface area (Å²) in [6.07, 6.45) is 4.24. The van der Waals surface area contributed by atoms with Crippen molar-refractivity contribution in [3.8, 4) is 11.6 Å². The van der Waals surface area contributed by atoms with Crippen LogP contribution in [0.15, 0.2) is 30.7 Å². The zero-order valence-electron chi connectivity index (χ0n) is 9.13.